The summed E-state index contributed by atoms with van der Waals surface area (Å²) < 4.78 is 13.6. The molecule has 0 aliphatic rings. The number of rotatable bonds is 4. The predicted octanol–water partition coefficient (Wildman–Crippen LogP) is 5.21. The number of hydrogen-bond acceptors (Lipinski definition) is 3. The van der Waals surface area contributed by atoms with Crippen LogP contribution in [0.2, 0.25) is 10.0 Å². The van der Waals surface area contributed by atoms with Gasteiger partial charge in [0.05, 0.1) is 21.0 Å². The first-order chi connectivity index (χ1) is 9.90. The normalized spacial score (nSPS) is 12.0. The van der Waals surface area contributed by atoms with Crippen LogP contribution in [-0.2, 0) is 0 Å². The highest BCUT2D eigenvalue weighted by Crippen LogP contribution is 2.32. The van der Waals surface area contributed by atoms with Crippen LogP contribution in [0, 0.1) is 15.9 Å². The van der Waals surface area contributed by atoms with Crippen molar-refractivity contribution in [3.8, 4) is 0 Å². The van der Waals surface area contributed by atoms with Gasteiger partial charge in [-0.25, -0.2) is 0 Å². The van der Waals surface area contributed by atoms with Crippen LogP contribution in [0.25, 0.3) is 0 Å². The Morgan fingerprint density at radius 1 is 1.29 bits per heavy atom. The fraction of sp³-hybridized carbons (Fsp3) is 0.143. The van der Waals surface area contributed by atoms with E-state index in [1.165, 1.54) is 6.07 Å². The Morgan fingerprint density at radius 2 is 2.00 bits per heavy atom. The topological polar surface area (TPSA) is 55.2 Å². The third-order valence-corrected chi connectivity index (χ3v) is 3.81. The lowest BCUT2D eigenvalue weighted by Gasteiger charge is -2.17. The Bertz CT molecular complexity index is 695. The van der Waals surface area contributed by atoms with Crippen LogP contribution >= 0.6 is 23.2 Å². The van der Waals surface area contributed by atoms with Crippen molar-refractivity contribution in [2.45, 2.75) is 13.0 Å². The van der Waals surface area contributed by atoms with Crippen molar-refractivity contribution in [2.24, 2.45) is 0 Å². The molecule has 21 heavy (non-hydrogen) atoms. The molecular weight excluding hydrogens is 318 g/mol. The van der Waals surface area contributed by atoms with Gasteiger partial charge in [0.15, 0.2) is 0 Å². The first-order valence-electron chi connectivity index (χ1n) is 6.04. The standard InChI is InChI=1S/C14H11Cl2FN2O2/c1-8(10-3-2-4-11(15)14(10)16)18-9-5-6-13(19(20)21)12(17)7-9/h2-8,18H,1H3. The smallest absolute Gasteiger partial charge is 0.304 e. The van der Waals surface area contributed by atoms with E-state index in [0.717, 1.165) is 17.7 Å². The molecule has 7 heteroatoms. The molecule has 1 atom stereocenters. The summed E-state index contributed by atoms with van der Waals surface area (Å²) in [6.07, 6.45) is 0. The molecule has 0 aliphatic carbocycles. The van der Waals surface area contributed by atoms with Crippen molar-refractivity contribution in [3.05, 3.63) is 67.9 Å². The molecule has 1 unspecified atom stereocenters. The van der Waals surface area contributed by atoms with Crippen LogP contribution in [0.1, 0.15) is 18.5 Å². The summed E-state index contributed by atoms with van der Waals surface area (Å²) in [5.41, 5.74) is 0.610. The van der Waals surface area contributed by atoms with E-state index in [-0.39, 0.29) is 6.04 Å². The molecule has 0 aromatic heterocycles. The highest BCUT2D eigenvalue weighted by atomic mass is 35.5. The van der Waals surface area contributed by atoms with Crippen LogP contribution in [0.5, 0.6) is 0 Å². The minimum absolute atomic E-state index is 0.239. The molecule has 0 radical (unpaired) electrons. The van der Waals surface area contributed by atoms with E-state index in [0.29, 0.717) is 15.7 Å². The fourth-order valence-corrected chi connectivity index (χ4v) is 2.40. The van der Waals surface area contributed by atoms with E-state index in [4.69, 9.17) is 23.2 Å². The van der Waals surface area contributed by atoms with Crippen LogP contribution in [0.3, 0.4) is 0 Å². The van der Waals surface area contributed by atoms with E-state index in [1.807, 2.05) is 6.92 Å². The number of anilines is 1. The average molecular weight is 329 g/mol. The summed E-state index contributed by atoms with van der Waals surface area (Å²) in [7, 11) is 0. The van der Waals surface area contributed by atoms with Gasteiger partial charge in [0.2, 0.25) is 5.82 Å². The lowest BCUT2D eigenvalue weighted by molar-refractivity contribution is -0.387. The zero-order valence-corrected chi connectivity index (χ0v) is 12.5. The van der Waals surface area contributed by atoms with Gasteiger partial charge in [-0.3, -0.25) is 10.1 Å². The molecule has 1 N–H and O–H groups in total. The van der Waals surface area contributed by atoms with Gasteiger partial charge in [-0.05, 0) is 24.6 Å². The van der Waals surface area contributed by atoms with Crippen LogP contribution in [-0.4, -0.2) is 4.92 Å². The van der Waals surface area contributed by atoms with Crippen LogP contribution < -0.4 is 5.32 Å². The first-order valence-corrected chi connectivity index (χ1v) is 6.80. The van der Waals surface area contributed by atoms with Crippen molar-refractivity contribution in [3.63, 3.8) is 0 Å². The summed E-state index contributed by atoms with van der Waals surface area (Å²) in [6, 6.07) is 8.63. The molecular formula is C14H11Cl2FN2O2. The van der Waals surface area contributed by atoms with Gasteiger partial charge < -0.3 is 5.32 Å². The van der Waals surface area contributed by atoms with Crippen LogP contribution in [0.15, 0.2) is 36.4 Å². The highest BCUT2D eigenvalue weighted by Gasteiger charge is 2.16. The minimum atomic E-state index is -0.894. The molecule has 4 nitrogen and oxygen atoms in total. The van der Waals surface area contributed by atoms with E-state index in [9.17, 15) is 14.5 Å². The van der Waals surface area contributed by atoms with Gasteiger partial charge >= 0.3 is 5.69 Å². The summed E-state index contributed by atoms with van der Waals surface area (Å²) >= 11 is 12.1. The Balaban J connectivity index is 2.24. The second-order valence-corrected chi connectivity index (χ2v) is 5.22. The molecule has 0 spiro atoms. The van der Waals surface area contributed by atoms with Crippen molar-refractivity contribution in [1.82, 2.24) is 0 Å². The maximum absolute atomic E-state index is 13.6. The second kappa shape index (κ2) is 6.28. The lowest BCUT2D eigenvalue weighted by atomic mass is 10.1. The molecule has 0 fully saturated rings. The summed E-state index contributed by atoms with van der Waals surface area (Å²) in [5, 5.41) is 14.4. The van der Waals surface area contributed by atoms with Gasteiger partial charge in [-0.15, -0.1) is 0 Å². The molecule has 110 valence electrons. The molecule has 0 saturated carbocycles. The maximum Gasteiger partial charge on any atom is 0.304 e. The minimum Gasteiger partial charge on any atom is -0.378 e. The average Bonchev–Trinajstić information content (AvgIpc) is 2.41. The van der Waals surface area contributed by atoms with Gasteiger partial charge in [-0.2, -0.15) is 4.39 Å². The van der Waals surface area contributed by atoms with Crippen molar-refractivity contribution >= 4 is 34.6 Å². The zero-order chi connectivity index (χ0) is 15.6. The number of hydrogen-bond donors (Lipinski definition) is 1. The zero-order valence-electron chi connectivity index (χ0n) is 10.9. The number of nitrogens with one attached hydrogen (secondary N) is 1. The highest BCUT2D eigenvalue weighted by molar-refractivity contribution is 6.42. The molecule has 0 aliphatic heterocycles. The number of benzene rings is 2. The van der Waals surface area contributed by atoms with E-state index in [2.05, 4.69) is 5.32 Å². The number of halogens is 3. The third kappa shape index (κ3) is 3.43. The SMILES string of the molecule is CC(Nc1ccc([N+](=O)[O-])c(F)c1)c1cccc(Cl)c1Cl. The molecule has 0 heterocycles. The van der Waals surface area contributed by atoms with E-state index < -0.39 is 16.4 Å². The molecule has 2 aromatic carbocycles. The summed E-state index contributed by atoms with van der Waals surface area (Å²) in [5.74, 6) is -0.894. The number of nitro groups is 1. The molecule has 0 amide bonds. The Labute approximate surface area is 130 Å². The van der Waals surface area contributed by atoms with Gasteiger partial charge in [0, 0.05) is 17.8 Å². The number of nitrogens with zero attached hydrogens (tertiary/aromatic N) is 1. The van der Waals surface area contributed by atoms with Gasteiger partial charge in [0.1, 0.15) is 0 Å². The molecule has 2 aromatic rings. The fourth-order valence-electron chi connectivity index (χ4n) is 1.93. The summed E-state index contributed by atoms with van der Waals surface area (Å²) in [4.78, 5) is 9.80. The molecule has 0 saturated heterocycles. The lowest BCUT2D eigenvalue weighted by Crippen LogP contribution is -2.08. The molecule has 2 rings (SSSR count). The van der Waals surface area contributed by atoms with Crippen molar-refractivity contribution in [1.29, 1.82) is 0 Å². The monoisotopic (exact) mass is 328 g/mol. The maximum atomic E-state index is 13.6. The number of nitro benzene ring substituents is 1. The van der Waals surface area contributed by atoms with Crippen molar-refractivity contribution < 1.29 is 9.31 Å². The Kier molecular flexibility index (Phi) is 4.65. The van der Waals surface area contributed by atoms with Crippen molar-refractivity contribution in [2.75, 3.05) is 5.32 Å². The summed E-state index contributed by atoms with van der Waals surface area (Å²) in [6.45, 7) is 1.83. The van der Waals surface area contributed by atoms with E-state index in [1.54, 1.807) is 18.2 Å². The molecule has 0 bridgehead atoms. The first kappa shape index (κ1) is 15.5. The second-order valence-electron chi connectivity index (χ2n) is 4.43. The largest absolute Gasteiger partial charge is 0.378 e. The van der Waals surface area contributed by atoms with E-state index >= 15 is 0 Å². The van der Waals surface area contributed by atoms with Gasteiger partial charge in [0.25, 0.3) is 0 Å². The predicted molar refractivity (Wildman–Crippen MR) is 81.6 cm³/mol. The Hall–Kier alpha value is -1.85. The van der Waals surface area contributed by atoms with Crippen LogP contribution in [0.4, 0.5) is 15.8 Å². The third-order valence-electron chi connectivity index (χ3n) is 2.98. The van der Waals surface area contributed by atoms with Gasteiger partial charge in [-0.1, -0.05) is 35.3 Å². The quantitative estimate of drug-likeness (QED) is 0.618. The Morgan fingerprint density at radius 3 is 2.62 bits per heavy atom.